The standard InChI is InChI=1S/C13H18FN3O3.Ar/c1-4-9-8(2)13(3,14)11(20-9)17-6-5-10(15-7-18)16-12(17)19;/h5-9,11H,4H2,1-3H3,(H,15,16,18,19);/t8-,9-,11-,13-;/m1./s1. The van der Waals surface area contributed by atoms with Gasteiger partial charge in [-0.3, -0.25) is 9.36 Å². The third kappa shape index (κ3) is 3.47. The molecule has 21 heavy (non-hydrogen) atoms. The van der Waals surface area contributed by atoms with Gasteiger partial charge < -0.3 is 10.1 Å². The van der Waals surface area contributed by atoms with Crippen LogP contribution in [0.4, 0.5) is 10.2 Å². The predicted molar refractivity (Wildman–Crippen MR) is 71.1 cm³/mol. The third-order valence-corrected chi connectivity index (χ3v) is 3.93. The SMILES string of the molecule is CC[C@H]1O[C@@H](n2ccc(NC=O)nc2=O)[C@](C)(F)[C@@H]1C.[Ar]. The van der Waals surface area contributed by atoms with E-state index in [2.05, 4.69) is 10.3 Å². The van der Waals surface area contributed by atoms with E-state index < -0.39 is 17.6 Å². The van der Waals surface area contributed by atoms with Crippen LogP contribution in [0.3, 0.4) is 0 Å². The number of nitrogens with one attached hydrogen (secondary N) is 1. The summed E-state index contributed by atoms with van der Waals surface area (Å²) in [5, 5.41) is 2.28. The summed E-state index contributed by atoms with van der Waals surface area (Å²) < 4.78 is 21.6. The van der Waals surface area contributed by atoms with Gasteiger partial charge in [0.1, 0.15) is 5.82 Å². The fourth-order valence-corrected chi connectivity index (χ4v) is 2.52. The third-order valence-electron chi connectivity index (χ3n) is 3.93. The van der Waals surface area contributed by atoms with Crippen molar-refractivity contribution < 1.29 is 51.7 Å². The van der Waals surface area contributed by atoms with Gasteiger partial charge in [-0.15, -0.1) is 0 Å². The Labute approximate surface area is 152 Å². The molecule has 2 rings (SSSR count). The molecule has 0 aromatic carbocycles. The Bertz CT molecular complexity index is 564. The van der Waals surface area contributed by atoms with Crippen LogP contribution in [0.15, 0.2) is 17.1 Å². The zero-order valence-electron chi connectivity index (χ0n) is 12.0. The molecule has 1 saturated heterocycles. The molecule has 4 atom stereocenters. The monoisotopic (exact) mass is 323 g/mol. The summed E-state index contributed by atoms with van der Waals surface area (Å²) in [6, 6.07) is 1.43. The van der Waals surface area contributed by atoms with E-state index in [-0.39, 0.29) is 55.6 Å². The van der Waals surface area contributed by atoms with E-state index in [0.29, 0.717) is 12.8 Å². The first-order valence-corrected chi connectivity index (χ1v) is 6.55. The zero-order valence-corrected chi connectivity index (χ0v) is 12.7. The number of nitrogens with zero attached hydrogens (tertiary/aromatic N) is 2. The van der Waals surface area contributed by atoms with E-state index >= 15 is 0 Å². The van der Waals surface area contributed by atoms with Crippen LogP contribution in [0.5, 0.6) is 0 Å². The molecule has 0 aliphatic carbocycles. The van der Waals surface area contributed by atoms with Gasteiger partial charge in [0.15, 0.2) is 11.9 Å². The van der Waals surface area contributed by atoms with Gasteiger partial charge in [-0.1, -0.05) is 13.8 Å². The fourth-order valence-electron chi connectivity index (χ4n) is 2.52. The number of carbonyl (C=O) groups is 1. The molecule has 1 N–H and O–H groups in total. The van der Waals surface area contributed by atoms with E-state index in [9.17, 15) is 14.0 Å². The number of ether oxygens (including phenoxy) is 1. The molecule has 0 bridgehead atoms. The predicted octanol–water partition coefficient (Wildman–Crippen LogP) is 1.48. The Balaban J connectivity index is 0.00000220. The van der Waals surface area contributed by atoms with Gasteiger partial charge >= 0.3 is 5.69 Å². The van der Waals surface area contributed by atoms with Crippen LogP contribution in [0, 0.1) is 43.7 Å². The summed E-state index contributed by atoms with van der Waals surface area (Å²) in [6.45, 7) is 5.12. The second kappa shape index (κ2) is 7.17. The first-order valence-electron chi connectivity index (χ1n) is 6.55. The first kappa shape index (κ1) is 18.5. The van der Waals surface area contributed by atoms with Crippen LogP contribution in [0.1, 0.15) is 33.4 Å². The average molecular weight is 323 g/mol. The topological polar surface area (TPSA) is 73.2 Å². The maximum Gasteiger partial charge on any atom is 0.351 e. The van der Waals surface area contributed by atoms with Crippen LogP contribution in [0.2, 0.25) is 0 Å². The van der Waals surface area contributed by atoms with Gasteiger partial charge in [-0.05, 0) is 19.4 Å². The molecule has 1 aliphatic rings. The average Bonchev–Trinajstić information content (AvgIpc) is 2.62. The number of rotatable bonds is 4. The summed E-state index contributed by atoms with van der Waals surface area (Å²) in [7, 11) is 0. The smallest absolute Gasteiger partial charge is 0.351 e. The molecule has 118 valence electrons. The summed E-state index contributed by atoms with van der Waals surface area (Å²) in [5.41, 5.74) is -2.32. The summed E-state index contributed by atoms with van der Waals surface area (Å²) in [5.74, 6) is -0.197. The van der Waals surface area contributed by atoms with Crippen LogP contribution in [-0.4, -0.2) is 27.7 Å². The summed E-state index contributed by atoms with van der Waals surface area (Å²) in [4.78, 5) is 25.9. The minimum atomic E-state index is -1.66. The van der Waals surface area contributed by atoms with Gasteiger partial charge in [-0.2, -0.15) is 4.98 Å². The van der Waals surface area contributed by atoms with Crippen LogP contribution in [-0.2, 0) is 9.53 Å². The second-order valence-electron chi connectivity index (χ2n) is 5.14. The minimum absolute atomic E-state index is 0. The molecule has 1 aliphatic heterocycles. The van der Waals surface area contributed by atoms with Crippen molar-refractivity contribution in [1.29, 1.82) is 0 Å². The largest absolute Gasteiger partial charge is 0.351 e. The van der Waals surface area contributed by atoms with E-state index in [1.807, 2.05) is 6.92 Å². The Morgan fingerprint density at radius 2 is 2.29 bits per heavy atom. The number of halogens is 1. The Morgan fingerprint density at radius 1 is 1.62 bits per heavy atom. The summed E-state index contributed by atoms with van der Waals surface area (Å²) in [6.07, 6.45) is 1.23. The molecule has 6 nitrogen and oxygen atoms in total. The minimum Gasteiger partial charge on any atom is -0.351 e. The number of anilines is 1. The van der Waals surface area contributed by atoms with Crippen molar-refractivity contribution in [1.82, 2.24) is 9.55 Å². The van der Waals surface area contributed by atoms with E-state index in [4.69, 9.17) is 4.74 Å². The maximum atomic E-state index is 14.8. The molecule has 2 heterocycles. The fraction of sp³-hybridized carbons (Fsp3) is 0.615. The van der Waals surface area contributed by atoms with Gasteiger partial charge in [0.05, 0.1) is 6.10 Å². The molecule has 1 aromatic heterocycles. The van der Waals surface area contributed by atoms with E-state index in [0.717, 1.165) is 4.57 Å². The zero-order chi connectivity index (χ0) is 14.9. The summed E-state index contributed by atoms with van der Waals surface area (Å²) >= 11 is 0. The van der Waals surface area contributed by atoms with Gasteiger partial charge in [0.25, 0.3) is 0 Å². The number of aromatic nitrogens is 2. The second-order valence-corrected chi connectivity index (χ2v) is 5.14. The van der Waals surface area contributed by atoms with Gasteiger partial charge in [0, 0.05) is 49.9 Å². The van der Waals surface area contributed by atoms with Crippen molar-refractivity contribution in [2.45, 2.75) is 45.2 Å². The molecule has 0 unspecified atom stereocenters. The Kier molecular flexibility index (Phi) is 6.34. The molecule has 0 radical (unpaired) electrons. The van der Waals surface area contributed by atoms with Crippen molar-refractivity contribution in [2.75, 3.05) is 5.32 Å². The Hall–Kier alpha value is -0.500. The molecule has 1 fully saturated rings. The van der Waals surface area contributed by atoms with E-state index in [1.165, 1.54) is 19.2 Å². The van der Waals surface area contributed by atoms with Crippen molar-refractivity contribution in [3.63, 3.8) is 0 Å². The molecule has 0 spiro atoms. The number of alkyl halides is 1. The van der Waals surface area contributed by atoms with Crippen molar-refractivity contribution in [3.8, 4) is 0 Å². The molecular weight excluding hydrogens is 305 g/mol. The number of hydrogen-bond donors (Lipinski definition) is 1. The van der Waals surface area contributed by atoms with Gasteiger partial charge in [-0.25, -0.2) is 9.18 Å². The Morgan fingerprint density at radius 3 is 2.76 bits per heavy atom. The van der Waals surface area contributed by atoms with Crippen molar-refractivity contribution in [3.05, 3.63) is 22.7 Å². The first-order chi connectivity index (χ1) is 9.41. The molecule has 0 saturated carbocycles. The van der Waals surface area contributed by atoms with Crippen molar-refractivity contribution in [2.24, 2.45) is 5.92 Å². The van der Waals surface area contributed by atoms with Gasteiger partial charge in [0.2, 0.25) is 6.41 Å². The number of amides is 1. The molecule has 1 amide bonds. The van der Waals surface area contributed by atoms with Crippen LogP contribution in [0.25, 0.3) is 0 Å². The molecule has 8 heteroatoms. The quantitative estimate of drug-likeness (QED) is 0.852. The van der Waals surface area contributed by atoms with Crippen LogP contribution < -0.4 is 11.0 Å². The molecular formula is C13H18ArFN3O3. The normalized spacial score (nSPS) is 31.5. The number of hydrogen-bond acceptors (Lipinski definition) is 4. The number of carbonyl (C=O) groups excluding carboxylic acids is 1. The van der Waals surface area contributed by atoms with E-state index in [1.54, 1.807) is 6.92 Å². The van der Waals surface area contributed by atoms with Crippen LogP contribution >= 0.6 is 0 Å². The van der Waals surface area contributed by atoms with Crippen molar-refractivity contribution >= 4 is 12.2 Å². The maximum absolute atomic E-state index is 14.8. The molecule has 1 aromatic rings.